The Labute approximate surface area is 278 Å². The molecule has 1 saturated heterocycles. The van der Waals surface area contributed by atoms with Crippen LogP contribution >= 0.6 is 37.2 Å². The molecule has 3 aromatic rings. The number of alkyl halides is 6. The number of ether oxygens (including phenoxy) is 1. The van der Waals surface area contributed by atoms with Crippen LogP contribution in [0.2, 0.25) is 0 Å². The number of aliphatic hydroxyl groups excluding tert-OH is 1. The summed E-state index contributed by atoms with van der Waals surface area (Å²) in [4.78, 5) is 2.13. The van der Waals surface area contributed by atoms with Crippen molar-refractivity contribution in [1.82, 2.24) is 15.5 Å². The number of nitrogens with zero attached hydrogens (tertiary/aromatic N) is 1. The smallest absolute Gasteiger partial charge is 0.416 e. The molecule has 1 aliphatic rings. The topological polar surface area (TPSA) is 56.8 Å². The minimum atomic E-state index is -4.47. The number of benzene rings is 3. The van der Waals surface area contributed by atoms with Crippen molar-refractivity contribution in [3.05, 3.63) is 101 Å². The van der Waals surface area contributed by atoms with Crippen molar-refractivity contribution in [3.63, 3.8) is 0 Å². The fraction of sp³-hybridized carbons (Fsp3) is 0.419. The van der Waals surface area contributed by atoms with E-state index in [2.05, 4.69) is 15.5 Å². The number of piperazine rings is 1. The molecular formula is C31H38Cl3F6N3O2. The molecule has 4 rings (SSSR count). The maximum absolute atomic E-state index is 13.2. The minimum absolute atomic E-state index is 0. The van der Waals surface area contributed by atoms with Crippen LogP contribution in [-0.4, -0.2) is 55.4 Å². The monoisotopic (exact) mass is 703 g/mol. The summed E-state index contributed by atoms with van der Waals surface area (Å²) >= 11 is 0. The summed E-state index contributed by atoms with van der Waals surface area (Å²) in [6, 6.07) is 17.5. The highest BCUT2D eigenvalue weighted by atomic mass is 35.5. The van der Waals surface area contributed by atoms with E-state index in [4.69, 9.17) is 4.74 Å². The van der Waals surface area contributed by atoms with Crippen molar-refractivity contribution in [2.75, 3.05) is 39.3 Å². The molecule has 5 nitrogen and oxygen atoms in total. The highest BCUT2D eigenvalue weighted by Crippen LogP contribution is 2.33. The molecule has 0 aliphatic carbocycles. The third-order valence-electron chi connectivity index (χ3n) is 7.32. The van der Waals surface area contributed by atoms with Gasteiger partial charge in [-0.05, 0) is 66.4 Å². The normalized spacial score (nSPS) is 16.8. The van der Waals surface area contributed by atoms with Crippen molar-refractivity contribution in [1.29, 1.82) is 0 Å². The molecule has 3 N–H and O–H groups in total. The Hall–Kier alpha value is -2.25. The maximum atomic E-state index is 13.2. The van der Waals surface area contributed by atoms with Gasteiger partial charge in [0.25, 0.3) is 0 Å². The minimum Gasteiger partial charge on any atom is -0.492 e. The Morgan fingerprint density at radius 2 is 1.53 bits per heavy atom. The van der Waals surface area contributed by atoms with Gasteiger partial charge in [-0.2, -0.15) is 26.3 Å². The van der Waals surface area contributed by atoms with E-state index in [9.17, 15) is 31.4 Å². The molecule has 1 fully saturated rings. The predicted octanol–water partition coefficient (Wildman–Crippen LogP) is 7.27. The van der Waals surface area contributed by atoms with Crippen LogP contribution in [0.4, 0.5) is 26.3 Å². The molecule has 0 amide bonds. The molecule has 45 heavy (non-hydrogen) atoms. The quantitative estimate of drug-likeness (QED) is 0.184. The molecule has 1 heterocycles. The van der Waals surface area contributed by atoms with Gasteiger partial charge >= 0.3 is 12.4 Å². The second-order valence-electron chi connectivity index (χ2n) is 10.5. The second kappa shape index (κ2) is 18.2. The first kappa shape index (κ1) is 40.8. The second-order valence-corrected chi connectivity index (χ2v) is 10.5. The molecule has 252 valence electrons. The summed E-state index contributed by atoms with van der Waals surface area (Å²) in [6.07, 6.45) is -9.30. The highest BCUT2D eigenvalue weighted by Gasteiger charge is 2.32. The van der Waals surface area contributed by atoms with E-state index in [-0.39, 0.29) is 61.4 Å². The lowest BCUT2D eigenvalue weighted by Gasteiger charge is -2.36. The van der Waals surface area contributed by atoms with E-state index in [1.165, 1.54) is 24.3 Å². The van der Waals surface area contributed by atoms with Gasteiger partial charge in [-0.3, -0.25) is 4.90 Å². The van der Waals surface area contributed by atoms with Crippen LogP contribution in [0.1, 0.15) is 46.9 Å². The van der Waals surface area contributed by atoms with Crippen LogP contribution in [0.5, 0.6) is 5.75 Å². The Bertz CT molecular complexity index is 1300. The molecule has 14 heteroatoms. The van der Waals surface area contributed by atoms with Crippen LogP contribution < -0.4 is 15.4 Å². The van der Waals surface area contributed by atoms with Crippen molar-refractivity contribution >= 4 is 37.2 Å². The lowest BCUT2D eigenvalue weighted by molar-refractivity contribution is -0.138. The third-order valence-corrected chi connectivity index (χ3v) is 7.32. The van der Waals surface area contributed by atoms with Crippen molar-refractivity contribution < 1.29 is 36.2 Å². The summed E-state index contributed by atoms with van der Waals surface area (Å²) in [7, 11) is 0. The van der Waals surface area contributed by atoms with Gasteiger partial charge in [-0.1, -0.05) is 36.4 Å². The average molecular weight is 705 g/mol. The van der Waals surface area contributed by atoms with E-state index in [0.29, 0.717) is 44.0 Å². The van der Waals surface area contributed by atoms with Crippen LogP contribution in [0.15, 0.2) is 72.8 Å². The summed E-state index contributed by atoms with van der Waals surface area (Å²) < 4.78 is 84.4. The summed E-state index contributed by atoms with van der Waals surface area (Å²) in [6.45, 7) is 4.96. The number of aliphatic hydroxyl groups is 1. The average Bonchev–Trinajstić information content (AvgIpc) is 2.96. The SMILES string of the molecule is CC(Cc1ccc(OCCN2CCNCC2c2cccc(C(F)(F)F)c2)cc1)NCC(O)c1cccc(C(F)(F)F)c1.Cl.Cl.Cl. The zero-order chi connectivity index (χ0) is 30.3. The van der Waals surface area contributed by atoms with Crippen molar-refractivity contribution in [2.45, 2.75) is 43.9 Å². The van der Waals surface area contributed by atoms with E-state index in [0.717, 1.165) is 30.3 Å². The van der Waals surface area contributed by atoms with Crippen LogP contribution in [0.25, 0.3) is 0 Å². The lowest BCUT2D eigenvalue weighted by atomic mass is 10.0. The summed E-state index contributed by atoms with van der Waals surface area (Å²) in [5, 5.41) is 16.8. The van der Waals surface area contributed by atoms with Gasteiger partial charge in [0.05, 0.1) is 17.2 Å². The first-order valence-corrected chi connectivity index (χ1v) is 13.8. The molecule has 0 saturated carbocycles. The van der Waals surface area contributed by atoms with Crippen LogP contribution in [0, 0.1) is 0 Å². The predicted molar refractivity (Wildman–Crippen MR) is 170 cm³/mol. The van der Waals surface area contributed by atoms with Gasteiger partial charge in [0.15, 0.2) is 0 Å². The fourth-order valence-electron chi connectivity index (χ4n) is 5.05. The van der Waals surface area contributed by atoms with Crippen LogP contribution in [0.3, 0.4) is 0 Å². The molecule has 0 aromatic heterocycles. The van der Waals surface area contributed by atoms with Crippen LogP contribution in [-0.2, 0) is 18.8 Å². The zero-order valence-electron chi connectivity index (χ0n) is 24.4. The van der Waals surface area contributed by atoms with Gasteiger partial charge in [0, 0.05) is 44.8 Å². The van der Waals surface area contributed by atoms with E-state index >= 15 is 0 Å². The molecule has 3 atom stereocenters. The number of hydrogen-bond acceptors (Lipinski definition) is 5. The summed E-state index contributed by atoms with van der Waals surface area (Å²) in [5.41, 5.74) is 0.387. The zero-order valence-corrected chi connectivity index (χ0v) is 26.9. The van der Waals surface area contributed by atoms with Crippen molar-refractivity contribution in [2.24, 2.45) is 0 Å². The standard InChI is InChI=1S/C31H35F6N3O2.3ClH/c1-21(39-20-29(41)24-5-3-7-26(18-24)31(35,36)37)16-22-8-10-27(11-9-22)42-15-14-40-13-12-38-19-28(40)23-4-2-6-25(17-23)30(32,33)34;;;/h2-11,17-18,21,28-29,38-39,41H,12-16,19-20H2,1H3;3*1H. The van der Waals surface area contributed by atoms with E-state index in [1.54, 1.807) is 6.07 Å². The first-order valence-electron chi connectivity index (χ1n) is 13.8. The largest absolute Gasteiger partial charge is 0.492 e. The fourth-order valence-corrected chi connectivity index (χ4v) is 5.05. The molecule has 3 unspecified atom stereocenters. The van der Waals surface area contributed by atoms with Crippen molar-refractivity contribution in [3.8, 4) is 5.75 Å². The molecule has 1 aliphatic heterocycles. The van der Waals surface area contributed by atoms with Gasteiger partial charge in [-0.25, -0.2) is 0 Å². The maximum Gasteiger partial charge on any atom is 0.416 e. The Balaban J connectivity index is 0.00000337. The number of nitrogens with one attached hydrogen (secondary N) is 2. The van der Waals surface area contributed by atoms with Gasteiger partial charge in [-0.15, -0.1) is 37.2 Å². The van der Waals surface area contributed by atoms with Gasteiger partial charge in [0.1, 0.15) is 12.4 Å². The van der Waals surface area contributed by atoms with E-state index < -0.39 is 29.6 Å². The molecule has 0 bridgehead atoms. The Morgan fingerprint density at radius 3 is 2.18 bits per heavy atom. The summed E-state index contributed by atoms with van der Waals surface area (Å²) in [5.74, 6) is 0.671. The lowest BCUT2D eigenvalue weighted by Crippen LogP contribution is -2.47. The molecule has 0 spiro atoms. The highest BCUT2D eigenvalue weighted by molar-refractivity contribution is 5.86. The van der Waals surface area contributed by atoms with Gasteiger partial charge in [0.2, 0.25) is 0 Å². The molecule has 3 aromatic carbocycles. The number of rotatable bonds is 11. The Morgan fingerprint density at radius 1 is 0.911 bits per heavy atom. The van der Waals surface area contributed by atoms with E-state index in [1.807, 2.05) is 31.2 Å². The van der Waals surface area contributed by atoms with Gasteiger partial charge < -0.3 is 20.5 Å². The number of hydrogen-bond donors (Lipinski definition) is 3. The number of halogens is 9. The first-order chi connectivity index (χ1) is 19.9. The molecular weight excluding hydrogens is 667 g/mol. The molecule has 0 radical (unpaired) electrons. The Kier molecular flexibility index (Phi) is 16.5. The third kappa shape index (κ3) is 12.1.